The van der Waals surface area contributed by atoms with Gasteiger partial charge in [0.25, 0.3) is 0 Å². The van der Waals surface area contributed by atoms with E-state index in [9.17, 15) is 4.79 Å². The van der Waals surface area contributed by atoms with Gasteiger partial charge in [-0.25, -0.2) is 0 Å². The number of carbonyl (C=O) groups is 1. The molecule has 0 aliphatic rings. The molecular weight excluding hydrogens is 212 g/mol. The highest BCUT2D eigenvalue weighted by Crippen LogP contribution is 2.29. The molecule has 0 spiro atoms. The van der Waals surface area contributed by atoms with Crippen molar-refractivity contribution < 1.29 is 9.53 Å². The van der Waals surface area contributed by atoms with Crippen LogP contribution in [0.4, 0.5) is 5.69 Å². The summed E-state index contributed by atoms with van der Waals surface area (Å²) in [4.78, 5) is 11.5. The van der Waals surface area contributed by atoms with Gasteiger partial charge in [-0.05, 0) is 18.2 Å². The van der Waals surface area contributed by atoms with E-state index in [4.69, 9.17) is 16.2 Å². The maximum Gasteiger partial charge on any atom is 0.218 e. The summed E-state index contributed by atoms with van der Waals surface area (Å²) < 4.78 is 5.08. The first-order valence-electron chi connectivity index (χ1n) is 4.48. The summed E-state index contributed by atoms with van der Waals surface area (Å²) in [5.41, 5.74) is 11.5. The number of methoxy groups -OCH3 is 1. The van der Waals surface area contributed by atoms with Gasteiger partial charge in [0.15, 0.2) is 0 Å². The Labute approximate surface area is 93.0 Å². The van der Waals surface area contributed by atoms with Gasteiger partial charge >= 0.3 is 0 Å². The van der Waals surface area contributed by atoms with Crippen LogP contribution in [-0.4, -0.2) is 18.8 Å². The average Bonchev–Trinajstić information content (AvgIpc) is 2.20. The second-order valence-electron chi connectivity index (χ2n) is 2.97. The molecule has 0 unspecified atom stereocenters. The van der Waals surface area contributed by atoms with E-state index < -0.39 is 0 Å². The van der Waals surface area contributed by atoms with Gasteiger partial charge in [-0.2, -0.15) is 0 Å². The van der Waals surface area contributed by atoms with E-state index >= 15 is 0 Å². The number of nitrogen functional groups attached to an aromatic ring is 1. The van der Waals surface area contributed by atoms with Crippen LogP contribution in [0.5, 0.6) is 5.75 Å². The Morgan fingerprint density at radius 2 is 2.27 bits per heavy atom. The molecule has 0 aliphatic heterocycles. The summed E-state index contributed by atoms with van der Waals surface area (Å²) in [6, 6.07) is 5.43. The van der Waals surface area contributed by atoms with E-state index in [2.05, 4.69) is 0 Å². The number of ether oxygens (including phenoxy) is 1. The minimum atomic E-state index is -0.302. The molecule has 15 heavy (non-hydrogen) atoms. The fraction of sp³-hybridized carbons (Fsp3) is 0.300. The second-order valence-corrected chi connectivity index (χ2v) is 4.11. The SMILES string of the molecule is COc1ccc(N)c(SCCC(N)=O)c1. The van der Waals surface area contributed by atoms with Gasteiger partial charge in [-0.1, -0.05) is 0 Å². The van der Waals surface area contributed by atoms with Crippen molar-refractivity contribution in [2.24, 2.45) is 5.73 Å². The molecule has 1 amide bonds. The lowest BCUT2D eigenvalue weighted by atomic mass is 10.3. The number of carbonyl (C=O) groups excluding carboxylic acids is 1. The summed E-state index contributed by atoms with van der Waals surface area (Å²) >= 11 is 1.50. The predicted molar refractivity (Wildman–Crippen MR) is 61.9 cm³/mol. The van der Waals surface area contributed by atoms with Gasteiger partial charge in [0, 0.05) is 22.8 Å². The Morgan fingerprint density at radius 1 is 1.53 bits per heavy atom. The molecule has 1 rings (SSSR count). The molecular formula is C10H14N2O2S. The third kappa shape index (κ3) is 3.71. The van der Waals surface area contributed by atoms with Crippen molar-refractivity contribution in [2.45, 2.75) is 11.3 Å². The van der Waals surface area contributed by atoms with Crippen molar-refractivity contribution in [2.75, 3.05) is 18.6 Å². The minimum absolute atomic E-state index is 0.302. The molecule has 1 aromatic rings. The zero-order chi connectivity index (χ0) is 11.3. The van der Waals surface area contributed by atoms with Crippen LogP contribution in [0.15, 0.2) is 23.1 Å². The van der Waals surface area contributed by atoms with Crippen molar-refractivity contribution in [3.63, 3.8) is 0 Å². The Bertz CT molecular complexity index is 355. The quantitative estimate of drug-likeness (QED) is 0.585. The predicted octanol–water partition coefficient (Wildman–Crippen LogP) is 1.24. The third-order valence-corrected chi connectivity index (χ3v) is 2.90. The van der Waals surface area contributed by atoms with Crippen LogP contribution in [0.25, 0.3) is 0 Å². The van der Waals surface area contributed by atoms with Gasteiger partial charge in [-0.15, -0.1) is 11.8 Å². The van der Waals surface area contributed by atoms with Gasteiger partial charge in [-0.3, -0.25) is 4.79 Å². The highest BCUT2D eigenvalue weighted by atomic mass is 32.2. The van der Waals surface area contributed by atoms with Crippen LogP contribution in [0.2, 0.25) is 0 Å². The molecule has 0 heterocycles. The van der Waals surface area contributed by atoms with E-state index in [1.54, 1.807) is 19.2 Å². The molecule has 1 aromatic carbocycles. The Balaban J connectivity index is 2.62. The molecule has 0 atom stereocenters. The lowest BCUT2D eigenvalue weighted by Crippen LogP contribution is -2.10. The largest absolute Gasteiger partial charge is 0.497 e. The van der Waals surface area contributed by atoms with Crippen molar-refractivity contribution in [3.05, 3.63) is 18.2 Å². The highest BCUT2D eigenvalue weighted by Gasteiger charge is 2.03. The number of amides is 1. The fourth-order valence-corrected chi connectivity index (χ4v) is 1.99. The van der Waals surface area contributed by atoms with Crippen LogP contribution in [-0.2, 0) is 4.79 Å². The molecule has 82 valence electrons. The topological polar surface area (TPSA) is 78.3 Å². The fourth-order valence-electron chi connectivity index (χ4n) is 1.03. The lowest BCUT2D eigenvalue weighted by molar-refractivity contribution is -0.117. The van der Waals surface area contributed by atoms with Crippen LogP contribution in [0, 0.1) is 0 Å². The van der Waals surface area contributed by atoms with E-state index in [1.807, 2.05) is 6.07 Å². The molecule has 0 bridgehead atoms. The average molecular weight is 226 g/mol. The van der Waals surface area contributed by atoms with Gasteiger partial charge in [0.1, 0.15) is 5.75 Å². The number of hydrogen-bond acceptors (Lipinski definition) is 4. The van der Waals surface area contributed by atoms with Gasteiger partial charge in [0.2, 0.25) is 5.91 Å². The molecule has 4 N–H and O–H groups in total. The van der Waals surface area contributed by atoms with Crippen LogP contribution >= 0.6 is 11.8 Å². The number of hydrogen-bond donors (Lipinski definition) is 2. The summed E-state index contributed by atoms with van der Waals surface area (Å²) in [6.07, 6.45) is 0.349. The number of benzene rings is 1. The number of nitrogens with two attached hydrogens (primary N) is 2. The van der Waals surface area contributed by atoms with Gasteiger partial charge in [0.05, 0.1) is 7.11 Å². The monoisotopic (exact) mass is 226 g/mol. The Hall–Kier alpha value is -1.36. The second kappa shape index (κ2) is 5.50. The zero-order valence-electron chi connectivity index (χ0n) is 8.53. The maximum absolute atomic E-state index is 10.6. The van der Waals surface area contributed by atoms with Crippen LogP contribution in [0.1, 0.15) is 6.42 Å². The van der Waals surface area contributed by atoms with E-state index in [-0.39, 0.29) is 5.91 Å². The number of thioether (sulfide) groups is 1. The van der Waals surface area contributed by atoms with Crippen molar-refractivity contribution >= 4 is 23.4 Å². The van der Waals surface area contributed by atoms with Crippen LogP contribution in [0.3, 0.4) is 0 Å². The standard InChI is InChI=1S/C10H14N2O2S/c1-14-7-2-3-8(11)9(6-7)15-5-4-10(12)13/h2-3,6H,4-5,11H2,1H3,(H2,12,13). The van der Waals surface area contributed by atoms with Crippen LogP contribution < -0.4 is 16.2 Å². The zero-order valence-corrected chi connectivity index (χ0v) is 9.34. The Kier molecular flexibility index (Phi) is 4.30. The first kappa shape index (κ1) is 11.7. The van der Waals surface area contributed by atoms with E-state index in [1.165, 1.54) is 11.8 Å². The normalized spacial score (nSPS) is 9.93. The third-order valence-electron chi connectivity index (χ3n) is 1.83. The molecule has 0 aliphatic carbocycles. The summed E-state index contributed by atoms with van der Waals surface area (Å²) in [6.45, 7) is 0. The number of primary amides is 1. The highest BCUT2D eigenvalue weighted by molar-refractivity contribution is 7.99. The smallest absolute Gasteiger partial charge is 0.218 e. The first-order valence-corrected chi connectivity index (χ1v) is 5.46. The molecule has 0 aromatic heterocycles. The molecule has 0 saturated carbocycles. The molecule has 5 heteroatoms. The molecule has 0 fully saturated rings. The molecule has 4 nitrogen and oxygen atoms in total. The van der Waals surface area contributed by atoms with E-state index in [0.717, 1.165) is 10.6 Å². The maximum atomic E-state index is 10.6. The number of rotatable bonds is 5. The number of anilines is 1. The lowest BCUT2D eigenvalue weighted by Gasteiger charge is -2.06. The van der Waals surface area contributed by atoms with Gasteiger partial charge < -0.3 is 16.2 Å². The van der Waals surface area contributed by atoms with Crippen molar-refractivity contribution in [1.29, 1.82) is 0 Å². The summed E-state index contributed by atoms with van der Waals surface area (Å²) in [5, 5.41) is 0. The van der Waals surface area contributed by atoms with Crippen molar-refractivity contribution in [1.82, 2.24) is 0 Å². The molecule has 0 saturated heterocycles. The molecule has 0 radical (unpaired) electrons. The minimum Gasteiger partial charge on any atom is -0.497 e. The summed E-state index contributed by atoms with van der Waals surface area (Å²) in [7, 11) is 1.60. The summed E-state index contributed by atoms with van der Waals surface area (Å²) in [5.74, 6) is 1.09. The van der Waals surface area contributed by atoms with E-state index in [0.29, 0.717) is 17.9 Å². The first-order chi connectivity index (χ1) is 7.13. The van der Waals surface area contributed by atoms with Crippen molar-refractivity contribution in [3.8, 4) is 5.75 Å². The Morgan fingerprint density at radius 3 is 2.87 bits per heavy atom.